The van der Waals surface area contributed by atoms with Crippen LogP contribution in [-0.2, 0) is 9.53 Å². The van der Waals surface area contributed by atoms with Crippen molar-refractivity contribution < 1.29 is 14.3 Å². The summed E-state index contributed by atoms with van der Waals surface area (Å²) in [6.07, 6.45) is 3.48. The molecule has 1 aromatic rings. The van der Waals surface area contributed by atoms with Crippen LogP contribution in [0.2, 0.25) is 0 Å². The molecule has 2 rings (SSSR count). The lowest BCUT2D eigenvalue weighted by Crippen LogP contribution is -2.40. The van der Waals surface area contributed by atoms with Crippen molar-refractivity contribution >= 4 is 41.5 Å². The smallest absolute Gasteiger partial charge is 0.221 e. The summed E-state index contributed by atoms with van der Waals surface area (Å²) in [5.41, 5.74) is 0.731. The second-order valence-corrected chi connectivity index (χ2v) is 7.06. The SMILES string of the molecule is CCNC(=NCCOc1cccc(NC(C)=O)c1)N(C)CCC1CCOCC1.I. The maximum Gasteiger partial charge on any atom is 0.221 e. The van der Waals surface area contributed by atoms with Crippen molar-refractivity contribution in [2.24, 2.45) is 10.9 Å². The zero-order valence-electron chi connectivity index (χ0n) is 17.8. The Balaban J connectivity index is 0.00000420. The van der Waals surface area contributed by atoms with Crippen LogP contribution in [-0.4, -0.2) is 63.3 Å². The van der Waals surface area contributed by atoms with Crippen LogP contribution in [0.1, 0.15) is 33.1 Å². The van der Waals surface area contributed by atoms with Crippen LogP contribution < -0.4 is 15.4 Å². The number of ether oxygens (including phenoxy) is 2. The lowest BCUT2D eigenvalue weighted by Gasteiger charge is -2.26. The van der Waals surface area contributed by atoms with Crippen molar-refractivity contribution in [2.45, 2.75) is 33.1 Å². The standard InChI is InChI=1S/C21H34N4O3.HI/c1-4-22-21(25(3)12-8-18-9-13-27-14-10-18)23-11-15-28-20-7-5-6-19(16-20)24-17(2)26;/h5-7,16,18H,4,8-15H2,1-3H3,(H,22,23)(H,24,26);1H. The number of aliphatic imine (C=N–C) groups is 1. The Morgan fingerprint density at radius 2 is 2.10 bits per heavy atom. The van der Waals surface area contributed by atoms with E-state index < -0.39 is 0 Å². The van der Waals surface area contributed by atoms with Crippen LogP contribution >= 0.6 is 24.0 Å². The lowest BCUT2D eigenvalue weighted by atomic mass is 9.96. The number of hydrogen-bond acceptors (Lipinski definition) is 4. The molecule has 0 unspecified atom stereocenters. The van der Waals surface area contributed by atoms with Crippen LogP contribution in [0.3, 0.4) is 0 Å². The minimum Gasteiger partial charge on any atom is -0.492 e. The van der Waals surface area contributed by atoms with Gasteiger partial charge in [-0.1, -0.05) is 6.07 Å². The Kier molecular flexibility index (Phi) is 12.7. The Morgan fingerprint density at radius 1 is 1.34 bits per heavy atom. The van der Waals surface area contributed by atoms with Crippen molar-refractivity contribution in [1.29, 1.82) is 0 Å². The number of nitrogens with zero attached hydrogens (tertiary/aromatic N) is 2. The number of amides is 1. The summed E-state index contributed by atoms with van der Waals surface area (Å²) in [7, 11) is 2.08. The first-order valence-electron chi connectivity index (χ1n) is 10.2. The molecule has 0 bridgehead atoms. The molecule has 2 N–H and O–H groups in total. The van der Waals surface area contributed by atoms with Gasteiger partial charge in [0.05, 0.1) is 6.54 Å². The Hall–Kier alpha value is -1.55. The van der Waals surface area contributed by atoms with Crippen LogP contribution in [0.5, 0.6) is 5.75 Å². The van der Waals surface area contributed by atoms with Gasteiger partial charge in [-0.2, -0.15) is 0 Å². The van der Waals surface area contributed by atoms with Crippen molar-refractivity contribution in [2.75, 3.05) is 51.8 Å². The van der Waals surface area contributed by atoms with E-state index in [1.807, 2.05) is 24.3 Å². The van der Waals surface area contributed by atoms with E-state index in [0.717, 1.165) is 68.9 Å². The number of benzene rings is 1. The summed E-state index contributed by atoms with van der Waals surface area (Å²) in [6.45, 7) is 8.21. The molecule has 1 aliphatic rings. The summed E-state index contributed by atoms with van der Waals surface area (Å²) in [5, 5.41) is 6.10. The average molecular weight is 518 g/mol. The Labute approximate surface area is 191 Å². The topological polar surface area (TPSA) is 75.2 Å². The van der Waals surface area contributed by atoms with Crippen molar-refractivity contribution in [3.05, 3.63) is 24.3 Å². The molecule has 0 saturated carbocycles. The highest BCUT2D eigenvalue weighted by atomic mass is 127. The molecule has 0 radical (unpaired) electrons. The number of anilines is 1. The molecule has 8 heteroatoms. The first-order valence-corrected chi connectivity index (χ1v) is 10.2. The molecule has 7 nitrogen and oxygen atoms in total. The molecular formula is C21H35IN4O3. The van der Waals surface area contributed by atoms with E-state index in [2.05, 4.69) is 34.5 Å². The van der Waals surface area contributed by atoms with Gasteiger partial charge in [0.1, 0.15) is 12.4 Å². The van der Waals surface area contributed by atoms with Gasteiger partial charge in [0.2, 0.25) is 5.91 Å². The molecule has 0 atom stereocenters. The van der Waals surface area contributed by atoms with Gasteiger partial charge in [0.25, 0.3) is 0 Å². The molecule has 1 heterocycles. The van der Waals surface area contributed by atoms with Gasteiger partial charge >= 0.3 is 0 Å². The van der Waals surface area contributed by atoms with Crippen LogP contribution in [0.25, 0.3) is 0 Å². The fourth-order valence-corrected chi connectivity index (χ4v) is 3.17. The highest BCUT2D eigenvalue weighted by Gasteiger charge is 2.15. The number of rotatable bonds is 9. The molecule has 1 fully saturated rings. The lowest BCUT2D eigenvalue weighted by molar-refractivity contribution is -0.114. The zero-order valence-corrected chi connectivity index (χ0v) is 20.1. The molecule has 1 aromatic carbocycles. The summed E-state index contributed by atoms with van der Waals surface area (Å²) in [6, 6.07) is 7.39. The van der Waals surface area contributed by atoms with E-state index in [1.165, 1.54) is 6.92 Å². The van der Waals surface area contributed by atoms with Gasteiger partial charge in [-0.3, -0.25) is 4.79 Å². The second-order valence-electron chi connectivity index (χ2n) is 7.06. The maximum atomic E-state index is 11.2. The minimum atomic E-state index is -0.0965. The van der Waals surface area contributed by atoms with Gasteiger partial charge in [0.15, 0.2) is 5.96 Å². The fourth-order valence-electron chi connectivity index (χ4n) is 3.17. The Bertz CT molecular complexity index is 636. The van der Waals surface area contributed by atoms with Crippen LogP contribution in [0.4, 0.5) is 5.69 Å². The molecule has 0 aliphatic carbocycles. The molecule has 0 spiro atoms. The second kappa shape index (κ2) is 14.4. The molecule has 1 aliphatic heterocycles. The molecular weight excluding hydrogens is 483 g/mol. The molecule has 1 amide bonds. The van der Waals surface area contributed by atoms with Gasteiger partial charge in [-0.15, -0.1) is 24.0 Å². The predicted octanol–water partition coefficient (Wildman–Crippen LogP) is 3.36. The van der Waals surface area contributed by atoms with Crippen molar-refractivity contribution in [1.82, 2.24) is 10.2 Å². The first kappa shape index (κ1) is 25.5. The van der Waals surface area contributed by atoms with E-state index in [-0.39, 0.29) is 29.9 Å². The molecule has 29 heavy (non-hydrogen) atoms. The van der Waals surface area contributed by atoms with E-state index in [9.17, 15) is 4.79 Å². The van der Waals surface area contributed by atoms with Crippen LogP contribution in [0, 0.1) is 5.92 Å². The number of hydrogen-bond donors (Lipinski definition) is 2. The summed E-state index contributed by atoms with van der Waals surface area (Å²) in [4.78, 5) is 18.0. The normalized spacial score (nSPS) is 14.7. The summed E-state index contributed by atoms with van der Waals surface area (Å²) < 4.78 is 11.2. The van der Waals surface area contributed by atoms with Gasteiger partial charge in [0, 0.05) is 52.0 Å². The quantitative estimate of drug-likeness (QED) is 0.227. The van der Waals surface area contributed by atoms with E-state index in [4.69, 9.17) is 9.47 Å². The zero-order chi connectivity index (χ0) is 20.2. The van der Waals surface area contributed by atoms with Gasteiger partial charge in [-0.05, 0) is 44.2 Å². The van der Waals surface area contributed by atoms with Gasteiger partial charge < -0.3 is 25.0 Å². The van der Waals surface area contributed by atoms with Gasteiger partial charge in [-0.25, -0.2) is 4.99 Å². The maximum absolute atomic E-state index is 11.2. The van der Waals surface area contributed by atoms with E-state index in [1.54, 1.807) is 0 Å². The summed E-state index contributed by atoms with van der Waals surface area (Å²) in [5.74, 6) is 2.28. The minimum absolute atomic E-state index is 0. The third kappa shape index (κ3) is 10.2. The largest absolute Gasteiger partial charge is 0.492 e. The fraction of sp³-hybridized carbons (Fsp3) is 0.619. The highest BCUT2D eigenvalue weighted by Crippen LogP contribution is 2.19. The number of carbonyl (C=O) groups excluding carboxylic acids is 1. The Morgan fingerprint density at radius 3 is 2.79 bits per heavy atom. The van der Waals surface area contributed by atoms with Crippen LogP contribution in [0.15, 0.2) is 29.3 Å². The van der Waals surface area contributed by atoms with Crippen molar-refractivity contribution in [3.8, 4) is 5.75 Å². The van der Waals surface area contributed by atoms with E-state index in [0.29, 0.717) is 13.2 Å². The molecule has 164 valence electrons. The summed E-state index contributed by atoms with van der Waals surface area (Å²) >= 11 is 0. The number of guanidine groups is 1. The molecule has 1 saturated heterocycles. The predicted molar refractivity (Wildman–Crippen MR) is 128 cm³/mol. The number of nitrogens with one attached hydrogen (secondary N) is 2. The first-order chi connectivity index (χ1) is 13.6. The average Bonchev–Trinajstić information content (AvgIpc) is 2.69. The molecule has 0 aromatic heterocycles. The van der Waals surface area contributed by atoms with Crippen molar-refractivity contribution in [3.63, 3.8) is 0 Å². The monoisotopic (exact) mass is 518 g/mol. The van der Waals surface area contributed by atoms with E-state index >= 15 is 0 Å². The third-order valence-electron chi connectivity index (χ3n) is 4.69. The third-order valence-corrected chi connectivity index (χ3v) is 4.69. The highest BCUT2D eigenvalue weighted by molar-refractivity contribution is 14.0. The number of carbonyl (C=O) groups is 1. The number of halogens is 1.